The van der Waals surface area contributed by atoms with Gasteiger partial charge < -0.3 is 9.64 Å². The molecule has 0 spiro atoms. The number of hydrogen-bond acceptors (Lipinski definition) is 3. The summed E-state index contributed by atoms with van der Waals surface area (Å²) in [6, 6.07) is 6.79. The minimum absolute atomic E-state index is 0.0195. The third kappa shape index (κ3) is 3.38. The van der Waals surface area contributed by atoms with Crippen molar-refractivity contribution in [3.05, 3.63) is 29.8 Å². The van der Waals surface area contributed by atoms with Crippen molar-refractivity contribution in [1.82, 2.24) is 4.90 Å². The average molecular weight is 221 g/mol. The van der Waals surface area contributed by atoms with Crippen molar-refractivity contribution >= 4 is 11.7 Å². The molecule has 0 atom stereocenters. The summed E-state index contributed by atoms with van der Waals surface area (Å²) in [6.07, 6.45) is 0. The number of ketones is 1. The van der Waals surface area contributed by atoms with Gasteiger partial charge in [-0.3, -0.25) is 9.59 Å². The van der Waals surface area contributed by atoms with Crippen molar-refractivity contribution in [2.24, 2.45) is 0 Å². The fourth-order valence-electron chi connectivity index (χ4n) is 1.08. The Bertz CT molecular complexity index is 399. The molecule has 1 aromatic carbocycles. The molecular weight excluding hydrogens is 206 g/mol. The van der Waals surface area contributed by atoms with Crippen LogP contribution in [0.3, 0.4) is 0 Å². The Morgan fingerprint density at radius 3 is 2.56 bits per heavy atom. The second kappa shape index (κ2) is 5.30. The van der Waals surface area contributed by atoms with Crippen LogP contribution in [0.4, 0.5) is 0 Å². The summed E-state index contributed by atoms with van der Waals surface area (Å²) in [5, 5.41) is 0. The molecule has 0 aliphatic carbocycles. The first-order valence-electron chi connectivity index (χ1n) is 4.94. The summed E-state index contributed by atoms with van der Waals surface area (Å²) >= 11 is 0. The molecule has 16 heavy (non-hydrogen) atoms. The van der Waals surface area contributed by atoms with Crippen molar-refractivity contribution in [2.75, 3.05) is 20.7 Å². The Kier molecular flexibility index (Phi) is 4.05. The summed E-state index contributed by atoms with van der Waals surface area (Å²) in [6.45, 7) is 1.47. The van der Waals surface area contributed by atoms with Gasteiger partial charge in [0.15, 0.2) is 12.4 Å². The lowest BCUT2D eigenvalue weighted by molar-refractivity contribution is -0.130. The zero-order valence-electron chi connectivity index (χ0n) is 9.69. The van der Waals surface area contributed by atoms with Gasteiger partial charge in [0.05, 0.1) is 0 Å². The van der Waals surface area contributed by atoms with Crippen molar-refractivity contribution in [3.63, 3.8) is 0 Å². The largest absolute Gasteiger partial charge is 0.484 e. The van der Waals surface area contributed by atoms with Gasteiger partial charge in [-0.25, -0.2) is 0 Å². The summed E-state index contributed by atoms with van der Waals surface area (Å²) in [5.41, 5.74) is 0.579. The minimum atomic E-state index is -0.117. The molecular formula is C12H15NO3. The van der Waals surface area contributed by atoms with Crippen LogP contribution in [0.5, 0.6) is 5.75 Å². The van der Waals surface area contributed by atoms with Crippen LogP contribution in [0.1, 0.15) is 17.3 Å². The highest BCUT2D eigenvalue weighted by atomic mass is 16.5. The molecule has 1 rings (SSSR count). The molecule has 0 saturated carbocycles. The number of nitrogens with zero attached hydrogens (tertiary/aromatic N) is 1. The minimum Gasteiger partial charge on any atom is -0.484 e. The number of Topliss-reactive ketones (excluding diaryl/α,β-unsaturated/α-hetero) is 1. The van der Waals surface area contributed by atoms with Crippen LogP contribution in [-0.4, -0.2) is 37.3 Å². The van der Waals surface area contributed by atoms with Crippen molar-refractivity contribution in [2.45, 2.75) is 6.92 Å². The third-order valence-electron chi connectivity index (χ3n) is 2.10. The molecule has 0 saturated heterocycles. The normalized spacial score (nSPS) is 9.69. The number of rotatable bonds is 4. The average Bonchev–Trinajstić information content (AvgIpc) is 2.26. The van der Waals surface area contributed by atoms with Crippen LogP contribution < -0.4 is 4.74 Å². The van der Waals surface area contributed by atoms with Crippen LogP contribution in [0.15, 0.2) is 24.3 Å². The van der Waals surface area contributed by atoms with Gasteiger partial charge in [0, 0.05) is 19.7 Å². The molecule has 0 unspecified atom stereocenters. The molecule has 4 heteroatoms. The number of ether oxygens (including phenoxy) is 1. The zero-order valence-corrected chi connectivity index (χ0v) is 9.69. The first kappa shape index (κ1) is 12.2. The predicted octanol–water partition coefficient (Wildman–Crippen LogP) is 1.36. The Hall–Kier alpha value is -1.84. The molecule has 0 aliphatic rings. The summed E-state index contributed by atoms with van der Waals surface area (Å²) in [7, 11) is 3.33. The summed E-state index contributed by atoms with van der Waals surface area (Å²) < 4.78 is 5.28. The van der Waals surface area contributed by atoms with Crippen LogP contribution >= 0.6 is 0 Å². The van der Waals surface area contributed by atoms with E-state index in [-0.39, 0.29) is 18.3 Å². The molecule has 0 N–H and O–H groups in total. The van der Waals surface area contributed by atoms with Crippen LogP contribution in [0, 0.1) is 0 Å². The van der Waals surface area contributed by atoms with E-state index < -0.39 is 0 Å². The monoisotopic (exact) mass is 221 g/mol. The molecule has 0 bridgehead atoms. The highest BCUT2D eigenvalue weighted by Gasteiger charge is 2.06. The Morgan fingerprint density at radius 1 is 1.31 bits per heavy atom. The van der Waals surface area contributed by atoms with E-state index in [2.05, 4.69) is 0 Å². The quantitative estimate of drug-likeness (QED) is 0.721. The third-order valence-corrected chi connectivity index (χ3v) is 2.10. The van der Waals surface area contributed by atoms with Crippen LogP contribution in [-0.2, 0) is 4.79 Å². The van der Waals surface area contributed by atoms with Gasteiger partial charge in [0.25, 0.3) is 5.91 Å². The second-order valence-corrected chi connectivity index (χ2v) is 3.66. The number of benzene rings is 1. The molecule has 0 radical (unpaired) electrons. The molecule has 1 amide bonds. The van der Waals surface area contributed by atoms with Gasteiger partial charge in [-0.05, 0) is 19.1 Å². The van der Waals surface area contributed by atoms with E-state index in [9.17, 15) is 9.59 Å². The van der Waals surface area contributed by atoms with E-state index in [1.807, 2.05) is 0 Å². The van der Waals surface area contributed by atoms with Gasteiger partial charge in [-0.1, -0.05) is 12.1 Å². The topological polar surface area (TPSA) is 46.6 Å². The molecule has 0 heterocycles. The van der Waals surface area contributed by atoms with Gasteiger partial charge in [0.1, 0.15) is 5.75 Å². The van der Waals surface area contributed by atoms with Gasteiger partial charge in [0.2, 0.25) is 0 Å². The van der Waals surface area contributed by atoms with Crippen LogP contribution in [0.25, 0.3) is 0 Å². The molecule has 0 aliphatic heterocycles. The number of carbonyl (C=O) groups is 2. The first-order valence-corrected chi connectivity index (χ1v) is 4.94. The fourth-order valence-corrected chi connectivity index (χ4v) is 1.08. The SMILES string of the molecule is CC(=O)c1cccc(OCC(=O)N(C)C)c1. The molecule has 1 aromatic rings. The lowest BCUT2D eigenvalue weighted by Crippen LogP contribution is -2.27. The Labute approximate surface area is 94.8 Å². The summed E-state index contributed by atoms with van der Waals surface area (Å²) in [4.78, 5) is 23.8. The fraction of sp³-hybridized carbons (Fsp3) is 0.333. The standard InChI is InChI=1S/C12H15NO3/c1-9(14)10-5-4-6-11(7-10)16-8-12(15)13(2)3/h4-7H,8H2,1-3H3. The number of likely N-dealkylation sites (N-methyl/N-ethyl adjacent to an activating group) is 1. The van der Waals surface area contributed by atoms with E-state index in [0.717, 1.165) is 0 Å². The smallest absolute Gasteiger partial charge is 0.259 e. The van der Waals surface area contributed by atoms with Crippen molar-refractivity contribution in [3.8, 4) is 5.75 Å². The number of amides is 1. The maximum atomic E-state index is 11.3. The summed E-state index contributed by atoms with van der Waals surface area (Å²) in [5.74, 6) is 0.389. The number of carbonyl (C=O) groups excluding carboxylic acids is 2. The molecule has 0 aromatic heterocycles. The van der Waals surface area contributed by atoms with E-state index in [0.29, 0.717) is 11.3 Å². The van der Waals surface area contributed by atoms with Gasteiger partial charge in [-0.15, -0.1) is 0 Å². The lowest BCUT2D eigenvalue weighted by atomic mass is 10.1. The van der Waals surface area contributed by atoms with E-state index in [1.165, 1.54) is 11.8 Å². The second-order valence-electron chi connectivity index (χ2n) is 3.66. The number of hydrogen-bond donors (Lipinski definition) is 0. The Morgan fingerprint density at radius 2 is 2.00 bits per heavy atom. The highest BCUT2D eigenvalue weighted by molar-refractivity contribution is 5.94. The first-order chi connectivity index (χ1) is 7.50. The van der Waals surface area contributed by atoms with Crippen molar-refractivity contribution in [1.29, 1.82) is 0 Å². The maximum Gasteiger partial charge on any atom is 0.259 e. The maximum absolute atomic E-state index is 11.3. The highest BCUT2D eigenvalue weighted by Crippen LogP contribution is 2.13. The zero-order chi connectivity index (χ0) is 12.1. The lowest BCUT2D eigenvalue weighted by Gasteiger charge is -2.11. The molecule has 4 nitrogen and oxygen atoms in total. The predicted molar refractivity (Wildman–Crippen MR) is 60.6 cm³/mol. The van der Waals surface area contributed by atoms with E-state index >= 15 is 0 Å². The van der Waals surface area contributed by atoms with E-state index in [1.54, 1.807) is 38.4 Å². The van der Waals surface area contributed by atoms with Gasteiger partial charge in [-0.2, -0.15) is 0 Å². The van der Waals surface area contributed by atoms with E-state index in [4.69, 9.17) is 4.74 Å². The van der Waals surface area contributed by atoms with Crippen molar-refractivity contribution < 1.29 is 14.3 Å². The Balaban J connectivity index is 2.64. The molecule has 86 valence electrons. The van der Waals surface area contributed by atoms with Gasteiger partial charge >= 0.3 is 0 Å². The van der Waals surface area contributed by atoms with Crippen LogP contribution in [0.2, 0.25) is 0 Å². The molecule has 0 fully saturated rings.